The first-order chi connectivity index (χ1) is 18.3. The number of hydrogen-bond acceptors (Lipinski definition) is 9. The van der Waals surface area contributed by atoms with Crippen LogP contribution in [0.15, 0.2) is 52.7 Å². The average Bonchev–Trinajstić information content (AvgIpc) is 2.92. The van der Waals surface area contributed by atoms with Crippen molar-refractivity contribution < 1.29 is 38.4 Å². The zero-order valence-corrected chi connectivity index (χ0v) is 22.3. The highest BCUT2D eigenvalue weighted by Gasteiger charge is 2.45. The minimum atomic E-state index is -0.804. The van der Waals surface area contributed by atoms with Gasteiger partial charge in [0.15, 0.2) is 28.8 Å². The van der Waals surface area contributed by atoms with Crippen molar-refractivity contribution >= 4 is 17.5 Å². The van der Waals surface area contributed by atoms with Crippen LogP contribution in [-0.2, 0) is 19.1 Å². The molecule has 202 valence electrons. The summed E-state index contributed by atoms with van der Waals surface area (Å²) in [6.07, 6.45) is 0.769. The van der Waals surface area contributed by atoms with Crippen LogP contribution in [0.25, 0.3) is 0 Å². The van der Waals surface area contributed by atoms with Crippen molar-refractivity contribution in [2.24, 2.45) is 10.9 Å². The first-order valence-electron chi connectivity index (χ1n) is 12.4. The molecule has 0 fully saturated rings. The molecule has 0 amide bonds. The lowest BCUT2D eigenvalue weighted by atomic mass is 9.69. The molecule has 2 aromatic rings. The Morgan fingerprint density at radius 2 is 1.61 bits per heavy atom. The number of methoxy groups -OCH3 is 4. The number of Topliss-reactive ketones (excluding diaryl/α,β-unsaturated/α-hetero) is 1. The summed E-state index contributed by atoms with van der Waals surface area (Å²) < 4.78 is 26.6. The first kappa shape index (κ1) is 27.2. The Morgan fingerprint density at radius 3 is 2.29 bits per heavy atom. The number of esters is 1. The zero-order chi connectivity index (χ0) is 27.4. The van der Waals surface area contributed by atoms with Crippen LogP contribution in [0.2, 0.25) is 0 Å². The minimum absolute atomic E-state index is 0.0330. The van der Waals surface area contributed by atoms with Crippen molar-refractivity contribution in [1.29, 1.82) is 0 Å². The SMILES string of the molecule is COCCOC(=O)C1C(C)=NC2=C(C(=O)C[C@@H](c3ccc(OC)c(OC)c3)C2)[C@H]1c1ccc(O)c(OC)c1. The lowest BCUT2D eigenvalue weighted by molar-refractivity contribution is -0.147. The lowest BCUT2D eigenvalue weighted by Crippen LogP contribution is -2.38. The maximum Gasteiger partial charge on any atom is 0.315 e. The van der Waals surface area contributed by atoms with Crippen LogP contribution in [0.3, 0.4) is 0 Å². The largest absolute Gasteiger partial charge is 0.504 e. The molecule has 1 aliphatic heterocycles. The van der Waals surface area contributed by atoms with E-state index in [0.29, 0.717) is 40.5 Å². The molecule has 0 aromatic heterocycles. The van der Waals surface area contributed by atoms with Gasteiger partial charge in [0.2, 0.25) is 0 Å². The summed E-state index contributed by atoms with van der Waals surface area (Å²) in [5, 5.41) is 10.2. The Morgan fingerprint density at radius 1 is 0.921 bits per heavy atom. The van der Waals surface area contributed by atoms with E-state index in [0.717, 1.165) is 5.56 Å². The molecule has 3 atom stereocenters. The Hall–Kier alpha value is -3.85. The molecule has 38 heavy (non-hydrogen) atoms. The summed E-state index contributed by atoms with van der Waals surface area (Å²) in [5.41, 5.74) is 3.31. The van der Waals surface area contributed by atoms with Crippen molar-refractivity contribution in [2.45, 2.75) is 31.6 Å². The van der Waals surface area contributed by atoms with E-state index in [1.165, 1.54) is 20.3 Å². The highest BCUT2D eigenvalue weighted by atomic mass is 16.6. The number of ketones is 1. The van der Waals surface area contributed by atoms with E-state index in [-0.39, 0.29) is 42.8 Å². The molecule has 9 heteroatoms. The topological polar surface area (TPSA) is 113 Å². The van der Waals surface area contributed by atoms with Crippen LogP contribution in [0.5, 0.6) is 23.0 Å². The molecule has 2 aromatic carbocycles. The fourth-order valence-electron chi connectivity index (χ4n) is 5.27. The number of aromatic hydroxyl groups is 1. The third-order valence-electron chi connectivity index (χ3n) is 7.12. The van der Waals surface area contributed by atoms with Crippen molar-refractivity contribution in [3.05, 3.63) is 58.8 Å². The quantitative estimate of drug-likeness (QED) is 0.385. The van der Waals surface area contributed by atoms with E-state index < -0.39 is 17.8 Å². The summed E-state index contributed by atoms with van der Waals surface area (Å²) in [4.78, 5) is 31.9. The summed E-state index contributed by atoms with van der Waals surface area (Å²) >= 11 is 0. The molecule has 4 rings (SSSR count). The van der Waals surface area contributed by atoms with Gasteiger partial charge in [0.25, 0.3) is 0 Å². The van der Waals surface area contributed by atoms with Gasteiger partial charge in [-0.05, 0) is 54.7 Å². The highest BCUT2D eigenvalue weighted by Crippen LogP contribution is 2.48. The minimum Gasteiger partial charge on any atom is -0.504 e. The van der Waals surface area contributed by atoms with Crippen LogP contribution in [0.1, 0.15) is 42.7 Å². The second kappa shape index (κ2) is 11.7. The number of carbonyl (C=O) groups excluding carboxylic acids is 2. The van der Waals surface area contributed by atoms with E-state index in [4.69, 9.17) is 28.7 Å². The Bertz CT molecular complexity index is 1280. The van der Waals surface area contributed by atoms with Gasteiger partial charge in [-0.15, -0.1) is 0 Å². The molecule has 9 nitrogen and oxygen atoms in total. The fourth-order valence-corrected chi connectivity index (χ4v) is 5.27. The van der Waals surface area contributed by atoms with E-state index in [9.17, 15) is 14.7 Å². The third-order valence-corrected chi connectivity index (χ3v) is 7.12. The van der Waals surface area contributed by atoms with Gasteiger partial charge in [0.05, 0.1) is 27.9 Å². The smallest absolute Gasteiger partial charge is 0.315 e. The Kier molecular flexibility index (Phi) is 8.36. The number of phenolic OH excluding ortho intramolecular Hbond substituents is 1. The van der Waals surface area contributed by atoms with Gasteiger partial charge in [-0.3, -0.25) is 14.6 Å². The van der Waals surface area contributed by atoms with Gasteiger partial charge in [0, 0.05) is 36.4 Å². The van der Waals surface area contributed by atoms with Gasteiger partial charge >= 0.3 is 5.97 Å². The number of ether oxygens (including phenoxy) is 5. The fraction of sp³-hybridized carbons (Fsp3) is 0.414. The van der Waals surface area contributed by atoms with Crippen molar-refractivity contribution in [2.75, 3.05) is 41.7 Å². The second-order valence-corrected chi connectivity index (χ2v) is 9.30. The predicted octanol–water partition coefficient (Wildman–Crippen LogP) is 4.18. The van der Waals surface area contributed by atoms with E-state index in [1.54, 1.807) is 33.3 Å². The van der Waals surface area contributed by atoms with E-state index in [2.05, 4.69) is 0 Å². The van der Waals surface area contributed by atoms with Gasteiger partial charge < -0.3 is 28.8 Å². The lowest BCUT2D eigenvalue weighted by Gasteiger charge is -2.36. The van der Waals surface area contributed by atoms with Crippen molar-refractivity contribution in [3.8, 4) is 23.0 Å². The normalized spacial score (nSPS) is 20.9. The standard InChI is InChI=1S/C29H33NO8/c1-16-26(29(33)38-11-10-34-2)27(18-6-8-21(31)24(15-18)36-4)28-20(30-16)12-19(13-22(28)32)17-7-9-23(35-3)25(14-17)37-5/h6-9,14-15,19,26-27,31H,10-13H2,1-5H3/t19-,26?,27-/m0/s1. The van der Waals surface area contributed by atoms with Crippen molar-refractivity contribution in [1.82, 2.24) is 0 Å². The van der Waals surface area contributed by atoms with E-state index >= 15 is 0 Å². The predicted molar refractivity (Wildman–Crippen MR) is 140 cm³/mol. The highest BCUT2D eigenvalue weighted by molar-refractivity contribution is 6.09. The van der Waals surface area contributed by atoms with Crippen molar-refractivity contribution in [3.63, 3.8) is 0 Å². The number of hydrogen-bond donors (Lipinski definition) is 1. The molecule has 1 N–H and O–H groups in total. The number of phenols is 1. The molecule has 1 heterocycles. The molecule has 0 saturated heterocycles. The molecule has 2 aliphatic rings. The van der Waals surface area contributed by atoms with Gasteiger partial charge in [0.1, 0.15) is 12.5 Å². The summed E-state index contributed by atoms with van der Waals surface area (Å²) in [5.74, 6) is -0.701. The van der Waals surface area contributed by atoms with Crippen LogP contribution < -0.4 is 14.2 Å². The molecule has 1 unspecified atom stereocenters. The number of allylic oxidation sites excluding steroid dienone is 2. The molecule has 0 bridgehead atoms. The van der Waals surface area contributed by atoms with Gasteiger partial charge in [-0.1, -0.05) is 12.1 Å². The van der Waals surface area contributed by atoms with Gasteiger partial charge in [-0.2, -0.15) is 0 Å². The first-order valence-corrected chi connectivity index (χ1v) is 12.4. The molecule has 0 spiro atoms. The summed E-state index contributed by atoms with van der Waals surface area (Å²) in [6, 6.07) is 10.5. The van der Waals surface area contributed by atoms with Crippen LogP contribution in [0, 0.1) is 5.92 Å². The number of benzene rings is 2. The summed E-state index contributed by atoms with van der Waals surface area (Å²) in [6.45, 7) is 2.12. The number of carbonyl (C=O) groups is 2. The van der Waals surface area contributed by atoms with E-state index in [1.807, 2.05) is 18.2 Å². The van der Waals surface area contributed by atoms with Crippen LogP contribution in [-0.4, -0.2) is 64.2 Å². The second-order valence-electron chi connectivity index (χ2n) is 9.30. The zero-order valence-electron chi connectivity index (χ0n) is 22.3. The average molecular weight is 524 g/mol. The Labute approximate surface area is 222 Å². The van der Waals surface area contributed by atoms with Crippen LogP contribution in [0.4, 0.5) is 0 Å². The third kappa shape index (κ3) is 5.24. The maximum atomic E-state index is 13.8. The molecule has 0 radical (unpaired) electrons. The molecular formula is C29H33NO8. The molecule has 0 saturated carbocycles. The Balaban J connectivity index is 1.77. The monoisotopic (exact) mass is 523 g/mol. The number of rotatable bonds is 9. The number of nitrogens with zero attached hydrogens (tertiary/aromatic N) is 1. The summed E-state index contributed by atoms with van der Waals surface area (Å²) in [7, 11) is 6.13. The number of aliphatic imine (C=N–C) groups is 1. The van der Waals surface area contributed by atoms with Crippen LogP contribution >= 0.6 is 0 Å². The molecule has 1 aliphatic carbocycles. The molecular weight excluding hydrogens is 490 g/mol. The van der Waals surface area contributed by atoms with Gasteiger partial charge in [-0.25, -0.2) is 0 Å². The maximum absolute atomic E-state index is 13.8.